The molecule has 3 aromatic rings. The number of aromatic nitrogens is 2. The van der Waals surface area contributed by atoms with E-state index in [2.05, 4.69) is 9.97 Å². The predicted molar refractivity (Wildman–Crippen MR) is 115 cm³/mol. The smallest absolute Gasteiger partial charge is 0.199 e. The van der Waals surface area contributed by atoms with Crippen molar-refractivity contribution >= 4 is 48.1 Å². The predicted octanol–water partition coefficient (Wildman–Crippen LogP) is 3.85. The van der Waals surface area contributed by atoms with Crippen LogP contribution in [0, 0.1) is 5.41 Å². The molecule has 1 heterocycles. The number of nitrogens with zero attached hydrogens (tertiary/aromatic N) is 2. The molecule has 0 saturated carbocycles. The van der Waals surface area contributed by atoms with Gasteiger partial charge in [0.15, 0.2) is 11.8 Å². The number of amidine groups is 1. The highest BCUT2D eigenvalue weighted by atomic mass is 35.5. The fourth-order valence-electron chi connectivity index (χ4n) is 3.27. The SMILES string of the molecule is Cl.Cl.N=C(N)c1cccc2c1CCC2=Nc1[nH]c(N)nc1-c1ccccc1. The van der Waals surface area contributed by atoms with Gasteiger partial charge in [-0.15, -0.1) is 24.8 Å². The van der Waals surface area contributed by atoms with Gasteiger partial charge >= 0.3 is 0 Å². The van der Waals surface area contributed by atoms with Crippen molar-refractivity contribution in [3.8, 4) is 11.3 Å². The lowest BCUT2D eigenvalue weighted by atomic mass is 10.0. The van der Waals surface area contributed by atoms with Gasteiger partial charge in [-0.2, -0.15) is 0 Å². The minimum absolute atomic E-state index is 0. The number of fused-ring (bicyclic) bond motifs is 1. The number of imidazole rings is 1. The molecule has 1 aromatic heterocycles. The first kappa shape index (κ1) is 20.5. The number of nitrogen functional groups attached to an aromatic ring is 2. The van der Waals surface area contributed by atoms with Crippen molar-refractivity contribution in [1.82, 2.24) is 9.97 Å². The van der Waals surface area contributed by atoms with Crippen molar-refractivity contribution in [2.75, 3.05) is 5.73 Å². The molecule has 0 atom stereocenters. The van der Waals surface area contributed by atoms with Crippen LogP contribution in [-0.2, 0) is 6.42 Å². The third-order valence-electron chi connectivity index (χ3n) is 4.39. The second-order valence-corrected chi connectivity index (χ2v) is 5.99. The van der Waals surface area contributed by atoms with Crippen LogP contribution in [0.5, 0.6) is 0 Å². The van der Waals surface area contributed by atoms with Crippen LogP contribution in [0.25, 0.3) is 11.3 Å². The minimum Gasteiger partial charge on any atom is -0.384 e. The second kappa shape index (κ2) is 8.24. The van der Waals surface area contributed by atoms with E-state index in [1.807, 2.05) is 48.5 Å². The monoisotopic (exact) mass is 402 g/mol. The highest BCUT2D eigenvalue weighted by Crippen LogP contribution is 2.32. The molecule has 0 spiro atoms. The van der Waals surface area contributed by atoms with Crippen LogP contribution in [0.1, 0.15) is 23.1 Å². The number of benzene rings is 2. The van der Waals surface area contributed by atoms with Gasteiger partial charge in [-0.3, -0.25) is 5.41 Å². The number of nitrogens with two attached hydrogens (primary N) is 2. The lowest BCUT2D eigenvalue weighted by Gasteiger charge is -2.06. The molecule has 8 heteroatoms. The van der Waals surface area contributed by atoms with Gasteiger partial charge in [-0.05, 0) is 24.0 Å². The van der Waals surface area contributed by atoms with Gasteiger partial charge in [0.2, 0.25) is 0 Å². The van der Waals surface area contributed by atoms with E-state index >= 15 is 0 Å². The number of H-pyrrole nitrogens is 1. The van der Waals surface area contributed by atoms with Gasteiger partial charge < -0.3 is 16.5 Å². The summed E-state index contributed by atoms with van der Waals surface area (Å²) in [6.45, 7) is 0. The molecule has 0 radical (unpaired) electrons. The highest BCUT2D eigenvalue weighted by Gasteiger charge is 2.22. The molecular weight excluding hydrogens is 383 g/mol. The molecule has 6 N–H and O–H groups in total. The first-order valence-corrected chi connectivity index (χ1v) is 8.08. The number of aliphatic imine (C=N–C) groups is 1. The van der Waals surface area contributed by atoms with E-state index in [1.54, 1.807) is 0 Å². The van der Waals surface area contributed by atoms with Crippen LogP contribution in [0.15, 0.2) is 53.5 Å². The van der Waals surface area contributed by atoms with Crippen LogP contribution in [-0.4, -0.2) is 21.5 Å². The third-order valence-corrected chi connectivity index (χ3v) is 4.39. The van der Waals surface area contributed by atoms with E-state index in [0.29, 0.717) is 11.8 Å². The summed E-state index contributed by atoms with van der Waals surface area (Å²) in [6, 6.07) is 15.7. The highest BCUT2D eigenvalue weighted by molar-refractivity contribution is 6.09. The van der Waals surface area contributed by atoms with Crippen molar-refractivity contribution in [2.24, 2.45) is 10.7 Å². The molecule has 0 unspecified atom stereocenters. The van der Waals surface area contributed by atoms with Crippen LogP contribution in [0.2, 0.25) is 0 Å². The van der Waals surface area contributed by atoms with E-state index in [4.69, 9.17) is 21.9 Å². The van der Waals surface area contributed by atoms with E-state index in [9.17, 15) is 0 Å². The molecule has 0 saturated heterocycles. The summed E-state index contributed by atoms with van der Waals surface area (Å²) in [7, 11) is 0. The molecule has 4 rings (SSSR count). The zero-order chi connectivity index (χ0) is 17.4. The first-order valence-electron chi connectivity index (χ1n) is 8.08. The Labute approximate surface area is 169 Å². The molecule has 2 aromatic carbocycles. The maximum absolute atomic E-state index is 7.75. The lowest BCUT2D eigenvalue weighted by Crippen LogP contribution is -2.13. The summed E-state index contributed by atoms with van der Waals surface area (Å²) in [4.78, 5) is 12.2. The Balaban J connectivity index is 0.00000131. The molecule has 0 aliphatic heterocycles. The van der Waals surface area contributed by atoms with Gasteiger partial charge in [0.1, 0.15) is 11.5 Å². The van der Waals surface area contributed by atoms with E-state index < -0.39 is 0 Å². The van der Waals surface area contributed by atoms with Crippen LogP contribution in [0.4, 0.5) is 11.8 Å². The lowest BCUT2D eigenvalue weighted by molar-refractivity contribution is 1.08. The Hall–Kier alpha value is -2.83. The van der Waals surface area contributed by atoms with Crippen molar-refractivity contribution in [3.05, 3.63) is 65.2 Å². The zero-order valence-corrected chi connectivity index (χ0v) is 16.0. The molecule has 27 heavy (non-hydrogen) atoms. The number of anilines is 1. The average Bonchev–Trinajstić information content (AvgIpc) is 3.19. The Morgan fingerprint density at radius 3 is 2.48 bits per heavy atom. The van der Waals surface area contributed by atoms with Crippen LogP contribution < -0.4 is 11.5 Å². The fraction of sp³-hybridized carbons (Fsp3) is 0.105. The van der Waals surface area contributed by atoms with Crippen molar-refractivity contribution in [3.63, 3.8) is 0 Å². The topological polar surface area (TPSA) is 117 Å². The maximum atomic E-state index is 7.75. The van der Waals surface area contributed by atoms with Crippen LogP contribution in [0.3, 0.4) is 0 Å². The number of nitrogens with one attached hydrogen (secondary N) is 2. The molecular formula is C19H20Cl2N6. The summed E-state index contributed by atoms with van der Waals surface area (Å²) in [5, 5.41) is 7.75. The largest absolute Gasteiger partial charge is 0.384 e. The molecule has 0 amide bonds. The first-order chi connectivity index (χ1) is 12.1. The van der Waals surface area contributed by atoms with E-state index in [0.717, 1.165) is 46.5 Å². The number of rotatable bonds is 3. The molecule has 140 valence electrons. The molecule has 1 aliphatic rings. The van der Waals surface area contributed by atoms with Crippen LogP contribution >= 0.6 is 24.8 Å². The minimum atomic E-state index is 0. The fourth-order valence-corrected chi connectivity index (χ4v) is 3.27. The maximum Gasteiger partial charge on any atom is 0.199 e. The van der Waals surface area contributed by atoms with Gasteiger partial charge in [-0.1, -0.05) is 48.5 Å². The van der Waals surface area contributed by atoms with Gasteiger partial charge in [0.05, 0.1) is 5.71 Å². The molecule has 1 aliphatic carbocycles. The van der Waals surface area contributed by atoms with Crippen molar-refractivity contribution in [1.29, 1.82) is 5.41 Å². The van der Waals surface area contributed by atoms with Gasteiger partial charge in [0, 0.05) is 11.1 Å². The van der Waals surface area contributed by atoms with Gasteiger partial charge in [0.25, 0.3) is 0 Å². The standard InChI is InChI=1S/C19H18N6.2ClH/c20-17(21)14-8-4-7-13-12(14)9-10-15(13)23-18-16(24-19(22)25-18)11-5-2-1-3-6-11;;/h1-8H,9-10H2,(H3,20,21)(H3,22,24,25);2*1H. The number of hydrogen-bond acceptors (Lipinski definition) is 4. The Morgan fingerprint density at radius 2 is 1.78 bits per heavy atom. The van der Waals surface area contributed by atoms with Crippen molar-refractivity contribution in [2.45, 2.75) is 12.8 Å². The summed E-state index contributed by atoms with van der Waals surface area (Å²) < 4.78 is 0. The number of aromatic amines is 1. The van der Waals surface area contributed by atoms with Gasteiger partial charge in [-0.25, -0.2) is 9.98 Å². The Morgan fingerprint density at radius 1 is 1.04 bits per heavy atom. The average molecular weight is 403 g/mol. The third kappa shape index (κ3) is 3.82. The number of halogens is 2. The summed E-state index contributed by atoms with van der Waals surface area (Å²) in [5.74, 6) is 1.09. The Kier molecular flexibility index (Phi) is 6.25. The normalized spacial score (nSPS) is 13.6. The summed E-state index contributed by atoms with van der Waals surface area (Å²) in [6.07, 6.45) is 1.63. The quantitative estimate of drug-likeness (QED) is 0.393. The van der Waals surface area contributed by atoms with E-state index in [-0.39, 0.29) is 30.6 Å². The van der Waals surface area contributed by atoms with Crippen molar-refractivity contribution < 1.29 is 0 Å². The zero-order valence-electron chi connectivity index (χ0n) is 14.4. The molecule has 0 bridgehead atoms. The molecule has 6 nitrogen and oxygen atoms in total. The summed E-state index contributed by atoms with van der Waals surface area (Å²) >= 11 is 0. The second-order valence-electron chi connectivity index (χ2n) is 5.99. The molecule has 0 fully saturated rings. The number of hydrogen-bond donors (Lipinski definition) is 4. The Bertz CT molecular complexity index is 995. The summed E-state index contributed by atoms with van der Waals surface area (Å²) in [5.41, 5.74) is 17.1. The van der Waals surface area contributed by atoms with E-state index in [1.165, 1.54) is 0 Å².